The van der Waals surface area contributed by atoms with Crippen LogP contribution in [0.2, 0.25) is 0 Å². The average molecular weight is 1200 g/mol. The van der Waals surface area contributed by atoms with Crippen LogP contribution in [0, 0.1) is 11.6 Å². The van der Waals surface area contributed by atoms with E-state index in [2.05, 4.69) is 0 Å². The third-order valence-electron chi connectivity index (χ3n) is 16.6. The van der Waals surface area contributed by atoms with Crippen LogP contribution in [0.1, 0.15) is 27.4 Å². The van der Waals surface area contributed by atoms with Crippen LogP contribution in [-0.2, 0) is 0 Å². The molecule has 0 aromatic heterocycles. The Morgan fingerprint density at radius 1 is 0.239 bits per heavy atom. The van der Waals surface area contributed by atoms with Crippen molar-refractivity contribution in [3.63, 3.8) is 0 Å². The van der Waals surface area contributed by atoms with E-state index in [1.165, 1.54) is 48.5 Å². The Hall–Kier alpha value is -12.0. The molecule has 2 nitrogen and oxygen atoms in total. The summed E-state index contributed by atoms with van der Waals surface area (Å²) in [4.78, 5) is 3.20. The normalized spacial score (nSPS) is 14.4. The number of hydrogen-bond acceptors (Lipinski definition) is 2. The van der Waals surface area contributed by atoms with Crippen molar-refractivity contribution >= 4 is 66.4 Å². The van der Waals surface area contributed by atoms with Crippen LogP contribution in [0.4, 0.5) is 42.9 Å². The largest absolute Gasteiger partial charge is 0.306 e. The SMILES string of the molecule is [2H]c1c([2H])c([2H])c(-c2cc(-c3c([2H])c([2H])c([2H])c([2H])c3[2H])cc(N(c3c(F)cc(-c4ccccc4)cc3-c3ccccc3)c3ccc4ccc5c(N(c6cc(-c7c([2H])c([2H])c([2H])c([2H])c7[2H])cc(-c7c([2H])c([2H])c([2H])c([2H])c7[2H])c6)c6c(F)cc(-c7ccccc7)cc6-c6ccccc6)ccc6ccc3c4c65)c2)c([2H])c1[2H]. The zero-order chi connectivity index (χ0) is 78.9. The van der Waals surface area contributed by atoms with E-state index in [-0.39, 0.29) is 78.6 Å². The van der Waals surface area contributed by atoms with Crippen molar-refractivity contribution in [3.8, 4) is 89.0 Å². The predicted molar refractivity (Wildman–Crippen MR) is 383 cm³/mol. The molecule has 16 rings (SSSR count). The summed E-state index contributed by atoms with van der Waals surface area (Å²) in [5, 5.41) is 3.16. The van der Waals surface area contributed by atoms with Crippen molar-refractivity contribution in [3.05, 3.63) is 363 Å². The van der Waals surface area contributed by atoms with Gasteiger partial charge < -0.3 is 9.80 Å². The summed E-state index contributed by atoms with van der Waals surface area (Å²) in [6.45, 7) is 0. The highest BCUT2D eigenvalue weighted by Crippen LogP contribution is 2.53. The monoisotopic (exact) mass is 1200 g/mol. The molecule has 0 unspecified atom stereocenters. The van der Waals surface area contributed by atoms with Crippen LogP contribution >= 0.6 is 0 Å². The quantitative estimate of drug-likeness (QED) is 0.100. The van der Waals surface area contributed by atoms with Crippen molar-refractivity contribution in [2.75, 3.05) is 9.80 Å². The fourth-order valence-electron chi connectivity index (χ4n) is 12.5. The van der Waals surface area contributed by atoms with Crippen molar-refractivity contribution < 1.29 is 36.2 Å². The summed E-state index contributed by atoms with van der Waals surface area (Å²) in [7, 11) is 0. The average Bonchev–Trinajstić information content (AvgIpc) is 0.712. The molecular formula is C88H58F2N2. The molecule has 0 N–H and O–H groups in total. The molecule has 92 heavy (non-hydrogen) atoms. The summed E-state index contributed by atoms with van der Waals surface area (Å²) in [6, 6.07) is 52.5. The second-order valence-corrected chi connectivity index (χ2v) is 22.0. The van der Waals surface area contributed by atoms with Crippen molar-refractivity contribution in [1.82, 2.24) is 0 Å². The standard InChI is InChI=1S/C88H58F2N2/c89-81-57-73(63-33-17-5-18-34-63)55-79(65-37-21-7-22-38-65)87(81)91(75-51-69(59-25-9-1-10-26-59)49-70(52-75)60-27-11-2-12-28-60)83-47-43-67-42-46-78-84(48-44-68-41-45-77(83)85(67)86(68)78)92(76-53-71(61-29-13-3-14-30-61)50-72(54-76)62-31-15-4-16-32-62)88-80(66-39-23-8-24-40-66)56-74(58-82(88)90)64-35-19-6-20-36-64/h1-58H/i1D,2D,3D,4D,9D,10D,11D,12D,13D,14D,15D,16D,25D,26D,27D,28D,29D,30D,31D,32D. The molecule has 0 saturated heterocycles. The number of hydrogen-bond donors (Lipinski definition) is 0. The molecule has 16 aromatic carbocycles. The molecule has 434 valence electrons. The maximum atomic E-state index is 19.1. The molecule has 0 radical (unpaired) electrons. The number of halogens is 2. The molecule has 4 heteroatoms. The molecule has 0 saturated carbocycles. The molecule has 0 aliphatic carbocycles. The fourth-order valence-corrected chi connectivity index (χ4v) is 12.5. The minimum absolute atomic E-state index is 0.0216. The van der Waals surface area contributed by atoms with E-state index in [4.69, 9.17) is 16.4 Å². The van der Waals surface area contributed by atoms with E-state index in [0.29, 0.717) is 76.8 Å². The lowest BCUT2D eigenvalue weighted by Gasteiger charge is -2.32. The third-order valence-corrected chi connectivity index (χ3v) is 16.6. The van der Waals surface area contributed by atoms with Gasteiger partial charge in [-0.2, -0.15) is 0 Å². The van der Waals surface area contributed by atoms with Gasteiger partial charge in [0.15, 0.2) is 0 Å². The van der Waals surface area contributed by atoms with Gasteiger partial charge in [0, 0.05) is 33.3 Å². The molecule has 0 bridgehead atoms. The lowest BCUT2D eigenvalue weighted by atomic mass is 9.90. The Bertz CT molecular complexity index is 5920. The zero-order valence-corrected chi connectivity index (χ0v) is 48.6. The van der Waals surface area contributed by atoms with Crippen molar-refractivity contribution in [2.45, 2.75) is 0 Å². The number of anilines is 6. The minimum Gasteiger partial charge on any atom is -0.306 e. The first-order valence-electron chi connectivity index (χ1n) is 39.5. The van der Waals surface area contributed by atoms with Crippen LogP contribution in [0.5, 0.6) is 0 Å². The van der Waals surface area contributed by atoms with Crippen LogP contribution in [0.3, 0.4) is 0 Å². The van der Waals surface area contributed by atoms with E-state index in [1.807, 2.05) is 109 Å². The third kappa shape index (κ3) is 10.3. The van der Waals surface area contributed by atoms with Gasteiger partial charge in [-0.1, -0.05) is 279 Å². The van der Waals surface area contributed by atoms with Gasteiger partial charge in [0.05, 0.1) is 50.2 Å². The highest BCUT2D eigenvalue weighted by atomic mass is 19.1. The Labute approximate surface area is 562 Å². The van der Waals surface area contributed by atoms with Gasteiger partial charge in [-0.05, 0) is 172 Å². The van der Waals surface area contributed by atoms with E-state index < -0.39 is 132 Å². The fraction of sp³-hybridized carbons (Fsp3) is 0. The Balaban J connectivity index is 1.05. The first-order valence-corrected chi connectivity index (χ1v) is 29.5. The summed E-state index contributed by atoms with van der Waals surface area (Å²) in [5.41, 5.74) is 2.75. The van der Waals surface area contributed by atoms with Crippen LogP contribution in [0.25, 0.3) is 121 Å². The molecule has 0 heterocycles. The predicted octanol–water partition coefficient (Wildman–Crippen LogP) is 25.1. The lowest BCUT2D eigenvalue weighted by Crippen LogP contribution is -2.15. The first-order chi connectivity index (χ1) is 53.7. The maximum Gasteiger partial charge on any atom is 0.148 e. The molecule has 0 fully saturated rings. The van der Waals surface area contributed by atoms with Crippen LogP contribution in [-0.4, -0.2) is 0 Å². The van der Waals surface area contributed by atoms with E-state index in [9.17, 15) is 11.0 Å². The molecule has 0 amide bonds. The highest BCUT2D eigenvalue weighted by Gasteiger charge is 2.30. The molecule has 16 aromatic rings. The zero-order valence-electron chi connectivity index (χ0n) is 68.6. The molecule has 0 aliphatic rings. The van der Waals surface area contributed by atoms with E-state index in [0.717, 1.165) is 0 Å². The Kier molecular flexibility index (Phi) is 9.79. The Morgan fingerprint density at radius 2 is 0.522 bits per heavy atom. The van der Waals surface area contributed by atoms with Crippen LogP contribution in [0.15, 0.2) is 351 Å². The summed E-state index contributed by atoms with van der Waals surface area (Å²) >= 11 is 0. The molecule has 0 aliphatic heterocycles. The number of nitrogens with zero attached hydrogens (tertiary/aromatic N) is 2. The maximum absolute atomic E-state index is 19.1. The summed E-state index contributed by atoms with van der Waals surface area (Å²) < 4.78 is 219. The number of rotatable bonds is 14. The summed E-state index contributed by atoms with van der Waals surface area (Å²) in [5.74, 6) is -1.57. The molecule has 0 spiro atoms. The van der Waals surface area contributed by atoms with E-state index in [1.54, 1.807) is 82.6 Å². The van der Waals surface area contributed by atoms with Gasteiger partial charge in [-0.15, -0.1) is 0 Å². The lowest BCUT2D eigenvalue weighted by molar-refractivity contribution is 0.629. The highest BCUT2D eigenvalue weighted by molar-refractivity contribution is 6.28. The van der Waals surface area contributed by atoms with Gasteiger partial charge in [0.25, 0.3) is 0 Å². The number of benzene rings is 16. The molecular weight excluding hydrogens is 1120 g/mol. The second kappa shape index (κ2) is 23.8. The van der Waals surface area contributed by atoms with Gasteiger partial charge in [0.1, 0.15) is 11.6 Å². The summed E-state index contributed by atoms with van der Waals surface area (Å²) in [6.07, 6.45) is 0. The minimum atomic E-state index is -0.787. The topological polar surface area (TPSA) is 6.48 Å². The Morgan fingerprint density at radius 3 is 0.837 bits per heavy atom. The van der Waals surface area contributed by atoms with Crippen LogP contribution < -0.4 is 9.80 Å². The van der Waals surface area contributed by atoms with Gasteiger partial charge >= 0.3 is 0 Å². The van der Waals surface area contributed by atoms with Crippen molar-refractivity contribution in [1.29, 1.82) is 0 Å². The van der Waals surface area contributed by atoms with Crippen molar-refractivity contribution in [2.24, 2.45) is 0 Å². The molecule has 0 atom stereocenters. The van der Waals surface area contributed by atoms with Gasteiger partial charge in [-0.3, -0.25) is 0 Å². The second-order valence-electron chi connectivity index (χ2n) is 22.0. The van der Waals surface area contributed by atoms with E-state index >= 15 is 8.78 Å². The smallest absolute Gasteiger partial charge is 0.148 e. The first kappa shape index (κ1) is 37.8. The van der Waals surface area contributed by atoms with Gasteiger partial charge in [0.2, 0.25) is 0 Å². The van der Waals surface area contributed by atoms with Gasteiger partial charge in [-0.25, -0.2) is 8.78 Å².